The number of aryl methyl sites for hydroxylation is 1. The number of anilines is 1. The molecule has 3 heterocycles. The van der Waals surface area contributed by atoms with Gasteiger partial charge in [-0.05, 0) is 66.8 Å². The molecule has 0 aliphatic carbocycles. The highest BCUT2D eigenvalue weighted by atomic mass is 32.1. The minimum absolute atomic E-state index is 0.0597. The van der Waals surface area contributed by atoms with E-state index in [1.807, 2.05) is 42.5 Å². The van der Waals surface area contributed by atoms with Crippen molar-refractivity contribution in [3.63, 3.8) is 0 Å². The second kappa shape index (κ2) is 12.0. The lowest BCUT2D eigenvalue weighted by atomic mass is 9.93. The molecule has 0 bridgehead atoms. The molecule has 1 N–H and O–H groups in total. The normalized spacial score (nSPS) is 14.8. The number of carbonyl (C=O) groups is 1. The van der Waals surface area contributed by atoms with Crippen LogP contribution in [-0.4, -0.2) is 15.4 Å². The third-order valence-corrected chi connectivity index (χ3v) is 8.72. The minimum Gasteiger partial charge on any atom is -0.456 e. The van der Waals surface area contributed by atoms with Gasteiger partial charge >= 0.3 is 0 Å². The van der Waals surface area contributed by atoms with Crippen molar-refractivity contribution in [2.24, 2.45) is 4.99 Å². The maximum Gasteiger partial charge on any atom is 0.280 e. The number of nitro groups is 1. The van der Waals surface area contributed by atoms with Crippen LogP contribution < -0.4 is 20.2 Å². The number of allylic oxidation sites excluding steroid dienone is 1. The van der Waals surface area contributed by atoms with Gasteiger partial charge in [0, 0.05) is 17.8 Å². The number of rotatable bonds is 7. The van der Waals surface area contributed by atoms with E-state index in [-0.39, 0.29) is 17.2 Å². The first-order valence-electron chi connectivity index (χ1n) is 14.4. The van der Waals surface area contributed by atoms with Crippen molar-refractivity contribution in [2.75, 3.05) is 5.32 Å². The van der Waals surface area contributed by atoms with Crippen molar-refractivity contribution in [2.45, 2.75) is 39.7 Å². The van der Waals surface area contributed by atoms with E-state index in [9.17, 15) is 19.7 Å². The summed E-state index contributed by atoms with van der Waals surface area (Å²) in [6, 6.07) is 24.6. The maximum atomic E-state index is 14.1. The van der Waals surface area contributed by atoms with Crippen molar-refractivity contribution in [3.05, 3.63) is 148 Å². The topological polar surface area (TPSA) is 120 Å². The second-order valence-electron chi connectivity index (χ2n) is 11.2. The lowest BCUT2D eigenvalue weighted by molar-refractivity contribution is -0.384. The Morgan fingerprint density at radius 1 is 1.04 bits per heavy atom. The van der Waals surface area contributed by atoms with Gasteiger partial charge in [0.05, 0.1) is 32.3 Å². The highest BCUT2D eigenvalue weighted by Crippen LogP contribution is 2.33. The number of carbonyl (C=O) groups excluding carboxylic acids is 1. The fourth-order valence-corrected chi connectivity index (χ4v) is 6.44. The van der Waals surface area contributed by atoms with E-state index in [4.69, 9.17) is 9.41 Å². The summed E-state index contributed by atoms with van der Waals surface area (Å²) in [6.45, 7) is 7.78. The summed E-state index contributed by atoms with van der Waals surface area (Å²) in [5, 5.41) is 14.6. The van der Waals surface area contributed by atoms with E-state index < -0.39 is 11.0 Å². The molecule has 6 rings (SSSR count). The molecule has 45 heavy (non-hydrogen) atoms. The molecule has 226 valence electrons. The van der Waals surface area contributed by atoms with Crippen molar-refractivity contribution in [1.82, 2.24) is 4.57 Å². The molecule has 1 unspecified atom stereocenters. The number of hydrogen-bond acceptors (Lipinski definition) is 7. The van der Waals surface area contributed by atoms with Crippen molar-refractivity contribution >= 4 is 34.7 Å². The minimum atomic E-state index is -0.712. The Labute approximate surface area is 262 Å². The largest absolute Gasteiger partial charge is 0.456 e. The molecule has 3 aromatic carbocycles. The van der Waals surface area contributed by atoms with Crippen LogP contribution in [-0.2, 0) is 4.79 Å². The van der Waals surface area contributed by atoms with Gasteiger partial charge in [0.25, 0.3) is 17.2 Å². The summed E-state index contributed by atoms with van der Waals surface area (Å²) >= 11 is 1.19. The summed E-state index contributed by atoms with van der Waals surface area (Å²) in [7, 11) is 0. The monoisotopic (exact) mass is 618 g/mol. The summed E-state index contributed by atoms with van der Waals surface area (Å²) in [5.41, 5.74) is 4.18. The first kappa shape index (κ1) is 29.7. The predicted molar refractivity (Wildman–Crippen MR) is 175 cm³/mol. The number of para-hydroxylation sites is 1. The van der Waals surface area contributed by atoms with Gasteiger partial charge in [-0.15, -0.1) is 0 Å². The van der Waals surface area contributed by atoms with E-state index in [0.717, 1.165) is 16.7 Å². The average molecular weight is 619 g/mol. The number of thiazole rings is 1. The highest BCUT2D eigenvalue weighted by molar-refractivity contribution is 7.07. The van der Waals surface area contributed by atoms with Crippen LogP contribution in [0.15, 0.2) is 110 Å². The number of furan rings is 1. The Kier molecular flexibility index (Phi) is 7.90. The number of fused-ring (bicyclic) bond motifs is 1. The zero-order valence-electron chi connectivity index (χ0n) is 25.1. The zero-order chi connectivity index (χ0) is 31.8. The molecule has 1 aliphatic heterocycles. The molecule has 0 fully saturated rings. The molecule has 2 aromatic heterocycles. The van der Waals surface area contributed by atoms with Gasteiger partial charge in [-0.1, -0.05) is 73.7 Å². The van der Waals surface area contributed by atoms with Gasteiger partial charge in [0.1, 0.15) is 11.5 Å². The number of aromatic nitrogens is 1. The molecule has 9 nitrogen and oxygen atoms in total. The summed E-state index contributed by atoms with van der Waals surface area (Å²) in [5.74, 6) is 0.657. The molecule has 0 spiro atoms. The quantitative estimate of drug-likeness (QED) is 0.166. The Bertz CT molecular complexity index is 2160. The van der Waals surface area contributed by atoms with Crippen LogP contribution in [0, 0.1) is 17.0 Å². The van der Waals surface area contributed by atoms with Crippen molar-refractivity contribution in [3.8, 4) is 11.3 Å². The zero-order valence-corrected chi connectivity index (χ0v) is 25.9. The Balaban J connectivity index is 1.45. The van der Waals surface area contributed by atoms with Gasteiger partial charge in [-0.3, -0.25) is 24.3 Å². The first-order chi connectivity index (χ1) is 21.6. The Morgan fingerprint density at radius 2 is 1.78 bits per heavy atom. The molecular formula is C35H30N4O5S. The predicted octanol–water partition coefficient (Wildman–Crippen LogP) is 6.47. The molecule has 0 saturated carbocycles. The van der Waals surface area contributed by atoms with Crippen LogP contribution in [0.1, 0.15) is 55.2 Å². The van der Waals surface area contributed by atoms with Gasteiger partial charge in [-0.2, -0.15) is 0 Å². The van der Waals surface area contributed by atoms with Crippen molar-refractivity contribution < 1.29 is 14.1 Å². The molecular weight excluding hydrogens is 588 g/mol. The van der Waals surface area contributed by atoms with E-state index in [0.29, 0.717) is 49.3 Å². The van der Waals surface area contributed by atoms with Gasteiger partial charge in [0.15, 0.2) is 4.80 Å². The SMILES string of the molecule is CC1=C(C(=O)Nc2ccccc2)C(c2ccc(C(C)C)cc2)n2c(s/c(=C\c3ccc(-c4ccc(C)cc4[N+](=O)[O-])o3)c2=O)=N1. The van der Waals surface area contributed by atoms with Crippen LogP contribution >= 0.6 is 11.3 Å². The van der Waals surface area contributed by atoms with Crippen molar-refractivity contribution in [1.29, 1.82) is 0 Å². The Hall–Kier alpha value is -5.35. The summed E-state index contributed by atoms with van der Waals surface area (Å²) in [6.07, 6.45) is 1.61. The number of nitro benzene ring substituents is 1. The fraction of sp³-hybridized carbons (Fsp3) is 0.171. The first-order valence-corrected chi connectivity index (χ1v) is 15.3. The molecule has 0 radical (unpaired) electrons. The van der Waals surface area contributed by atoms with Crippen LogP contribution in [0.5, 0.6) is 0 Å². The Morgan fingerprint density at radius 3 is 2.47 bits per heavy atom. The third kappa shape index (κ3) is 5.80. The molecule has 0 saturated heterocycles. The van der Waals surface area contributed by atoms with E-state index >= 15 is 0 Å². The number of nitrogens with zero attached hydrogens (tertiary/aromatic N) is 3. The summed E-state index contributed by atoms with van der Waals surface area (Å²) < 4.78 is 7.89. The number of nitrogens with one attached hydrogen (secondary N) is 1. The lowest BCUT2D eigenvalue weighted by Gasteiger charge is -2.25. The van der Waals surface area contributed by atoms with Crippen LogP contribution in [0.4, 0.5) is 11.4 Å². The highest BCUT2D eigenvalue weighted by Gasteiger charge is 2.32. The third-order valence-electron chi connectivity index (χ3n) is 7.73. The second-order valence-corrected chi connectivity index (χ2v) is 12.2. The average Bonchev–Trinajstić information content (AvgIpc) is 3.60. The van der Waals surface area contributed by atoms with Gasteiger partial charge in [0.2, 0.25) is 0 Å². The smallest absolute Gasteiger partial charge is 0.280 e. The molecule has 5 aromatic rings. The molecule has 1 amide bonds. The van der Waals surface area contributed by atoms with E-state index in [1.54, 1.807) is 60.9 Å². The van der Waals surface area contributed by atoms with Crippen LogP contribution in [0.3, 0.4) is 0 Å². The van der Waals surface area contributed by atoms with Gasteiger partial charge in [-0.25, -0.2) is 4.99 Å². The molecule has 1 aliphatic rings. The van der Waals surface area contributed by atoms with Crippen LogP contribution in [0.25, 0.3) is 17.4 Å². The number of amides is 1. The van der Waals surface area contributed by atoms with E-state index in [1.165, 1.54) is 17.4 Å². The number of benzene rings is 3. The summed E-state index contributed by atoms with van der Waals surface area (Å²) in [4.78, 5) is 44.2. The van der Waals surface area contributed by atoms with E-state index in [2.05, 4.69) is 19.2 Å². The fourth-order valence-electron chi connectivity index (χ4n) is 5.42. The van der Waals surface area contributed by atoms with Gasteiger partial charge < -0.3 is 9.73 Å². The standard InChI is InChI=1S/C35H30N4O5S/c1-20(2)23-11-13-24(14-12-23)32-31(33(40)37-25-8-6-5-7-9-25)22(4)36-35-38(32)34(41)30(45-35)19-26-15-17-29(44-26)27-16-10-21(3)18-28(27)39(42)43/h5-20,32H,1-4H3,(H,37,40)/b30-19-. The maximum absolute atomic E-state index is 14.1. The number of hydrogen-bond donors (Lipinski definition) is 1. The lowest BCUT2D eigenvalue weighted by Crippen LogP contribution is -2.40. The van der Waals surface area contributed by atoms with Crippen LogP contribution in [0.2, 0.25) is 0 Å². The molecule has 1 atom stereocenters. The molecule has 10 heteroatoms.